The van der Waals surface area contributed by atoms with Gasteiger partial charge >= 0.3 is 0 Å². The average molecular weight is 262 g/mol. The molecule has 18 heavy (non-hydrogen) atoms. The highest BCUT2D eigenvalue weighted by Crippen LogP contribution is 2.23. The Labute approximate surface area is 112 Å². The average Bonchev–Trinajstić information content (AvgIpc) is 3.08. The lowest BCUT2D eigenvalue weighted by molar-refractivity contribution is 0.681. The van der Waals surface area contributed by atoms with Gasteiger partial charge in [-0.3, -0.25) is 0 Å². The van der Waals surface area contributed by atoms with Crippen LogP contribution in [-0.4, -0.2) is 15.8 Å². The maximum atomic E-state index is 6.08. The van der Waals surface area contributed by atoms with Gasteiger partial charge in [0.25, 0.3) is 0 Å². The number of rotatable bonds is 4. The molecule has 94 valence electrons. The van der Waals surface area contributed by atoms with Gasteiger partial charge in [-0.2, -0.15) is 5.10 Å². The molecular weight excluding hydrogens is 246 g/mol. The first-order chi connectivity index (χ1) is 8.72. The minimum atomic E-state index is 0.691. The topological polar surface area (TPSA) is 29.9 Å². The van der Waals surface area contributed by atoms with Crippen molar-refractivity contribution in [1.82, 2.24) is 15.1 Å². The molecule has 1 saturated carbocycles. The standard InChI is InChI=1S/C14H16ClN3/c1-10-7-17-18(9-10)14-5-2-12(15)6-11(14)8-16-13-3-4-13/h2,5-7,9,13,16H,3-4,8H2,1H3. The smallest absolute Gasteiger partial charge is 0.0691 e. The second-order valence-electron chi connectivity index (χ2n) is 4.89. The molecule has 1 N–H and O–H groups in total. The van der Waals surface area contributed by atoms with Crippen LogP contribution in [0.4, 0.5) is 0 Å². The molecule has 0 unspecified atom stereocenters. The van der Waals surface area contributed by atoms with Crippen LogP contribution >= 0.6 is 11.6 Å². The van der Waals surface area contributed by atoms with Gasteiger partial charge in [-0.15, -0.1) is 0 Å². The van der Waals surface area contributed by atoms with E-state index >= 15 is 0 Å². The zero-order valence-electron chi connectivity index (χ0n) is 10.4. The normalized spacial score (nSPS) is 15.0. The van der Waals surface area contributed by atoms with E-state index < -0.39 is 0 Å². The van der Waals surface area contributed by atoms with Crippen LogP contribution in [0.1, 0.15) is 24.0 Å². The van der Waals surface area contributed by atoms with Gasteiger partial charge in [0.15, 0.2) is 0 Å². The Morgan fingerprint density at radius 1 is 1.44 bits per heavy atom. The summed E-state index contributed by atoms with van der Waals surface area (Å²) in [5.41, 5.74) is 3.45. The Kier molecular flexibility index (Phi) is 3.10. The van der Waals surface area contributed by atoms with Gasteiger partial charge in [0.1, 0.15) is 0 Å². The van der Waals surface area contributed by atoms with E-state index in [1.165, 1.54) is 18.4 Å². The fourth-order valence-corrected chi connectivity index (χ4v) is 2.20. The number of nitrogens with zero attached hydrogens (tertiary/aromatic N) is 2. The Hall–Kier alpha value is -1.32. The van der Waals surface area contributed by atoms with Crippen molar-refractivity contribution in [3.8, 4) is 5.69 Å². The summed E-state index contributed by atoms with van der Waals surface area (Å²) in [4.78, 5) is 0. The number of halogens is 1. The third kappa shape index (κ3) is 2.57. The lowest BCUT2D eigenvalue weighted by Gasteiger charge is -2.11. The molecule has 0 amide bonds. The Morgan fingerprint density at radius 2 is 2.28 bits per heavy atom. The molecule has 1 aromatic heterocycles. The first-order valence-electron chi connectivity index (χ1n) is 6.26. The number of hydrogen-bond donors (Lipinski definition) is 1. The van der Waals surface area contributed by atoms with Crippen molar-refractivity contribution in [3.05, 3.63) is 46.7 Å². The van der Waals surface area contributed by atoms with Gasteiger partial charge in [0.2, 0.25) is 0 Å². The number of nitrogens with one attached hydrogen (secondary N) is 1. The monoisotopic (exact) mass is 261 g/mol. The molecule has 0 bridgehead atoms. The van der Waals surface area contributed by atoms with Crippen LogP contribution < -0.4 is 5.32 Å². The van der Waals surface area contributed by atoms with Crippen molar-refractivity contribution >= 4 is 11.6 Å². The van der Waals surface area contributed by atoms with E-state index in [1.807, 2.05) is 42.2 Å². The summed E-state index contributed by atoms with van der Waals surface area (Å²) in [6.07, 6.45) is 6.48. The summed E-state index contributed by atoms with van der Waals surface area (Å²) in [5.74, 6) is 0. The quantitative estimate of drug-likeness (QED) is 0.917. The van der Waals surface area contributed by atoms with E-state index in [-0.39, 0.29) is 0 Å². The van der Waals surface area contributed by atoms with E-state index in [9.17, 15) is 0 Å². The van der Waals surface area contributed by atoms with Gasteiger partial charge in [0, 0.05) is 23.8 Å². The molecule has 0 aliphatic heterocycles. The second kappa shape index (κ2) is 4.75. The van der Waals surface area contributed by atoms with Gasteiger partial charge < -0.3 is 5.32 Å². The highest BCUT2D eigenvalue weighted by molar-refractivity contribution is 6.30. The highest BCUT2D eigenvalue weighted by Gasteiger charge is 2.20. The largest absolute Gasteiger partial charge is 0.310 e. The molecule has 2 aromatic rings. The van der Waals surface area contributed by atoms with Crippen molar-refractivity contribution in [2.45, 2.75) is 32.4 Å². The molecule has 1 aromatic carbocycles. The Balaban J connectivity index is 1.91. The summed E-state index contributed by atoms with van der Waals surface area (Å²) in [5, 5.41) is 8.66. The highest BCUT2D eigenvalue weighted by atomic mass is 35.5. The van der Waals surface area contributed by atoms with Crippen LogP contribution in [0.3, 0.4) is 0 Å². The first kappa shape index (κ1) is 11.8. The zero-order valence-corrected chi connectivity index (χ0v) is 11.1. The predicted octanol–water partition coefficient (Wildman–Crippen LogP) is 3.09. The van der Waals surface area contributed by atoms with E-state index in [0.29, 0.717) is 6.04 Å². The molecule has 1 aliphatic carbocycles. The minimum Gasteiger partial charge on any atom is -0.310 e. The molecule has 0 radical (unpaired) electrons. The van der Waals surface area contributed by atoms with Crippen LogP contribution in [0.25, 0.3) is 5.69 Å². The van der Waals surface area contributed by atoms with Gasteiger partial charge in [-0.1, -0.05) is 11.6 Å². The number of benzene rings is 1. The molecule has 1 fully saturated rings. The number of aromatic nitrogens is 2. The maximum Gasteiger partial charge on any atom is 0.0691 e. The van der Waals surface area contributed by atoms with Crippen LogP contribution in [0, 0.1) is 6.92 Å². The van der Waals surface area contributed by atoms with E-state index in [2.05, 4.69) is 10.4 Å². The molecule has 0 spiro atoms. The molecular formula is C14H16ClN3. The fourth-order valence-electron chi connectivity index (χ4n) is 2.01. The van der Waals surface area contributed by atoms with Crippen molar-refractivity contribution in [1.29, 1.82) is 0 Å². The zero-order chi connectivity index (χ0) is 12.5. The van der Waals surface area contributed by atoms with Crippen molar-refractivity contribution in [2.75, 3.05) is 0 Å². The molecule has 1 aliphatic rings. The van der Waals surface area contributed by atoms with Crippen molar-refractivity contribution in [3.63, 3.8) is 0 Å². The van der Waals surface area contributed by atoms with Gasteiger partial charge in [-0.05, 0) is 49.1 Å². The van der Waals surface area contributed by atoms with Crippen molar-refractivity contribution in [2.24, 2.45) is 0 Å². The third-order valence-corrected chi connectivity index (χ3v) is 3.39. The summed E-state index contributed by atoms with van der Waals surface area (Å²) >= 11 is 6.08. The van der Waals surface area contributed by atoms with Crippen LogP contribution in [0.5, 0.6) is 0 Å². The number of hydrogen-bond acceptors (Lipinski definition) is 2. The summed E-state index contributed by atoms with van der Waals surface area (Å²) < 4.78 is 1.91. The van der Waals surface area contributed by atoms with E-state index in [1.54, 1.807) is 0 Å². The Bertz CT molecular complexity index is 558. The van der Waals surface area contributed by atoms with Crippen LogP contribution in [-0.2, 0) is 6.54 Å². The lowest BCUT2D eigenvalue weighted by atomic mass is 10.1. The number of aryl methyl sites for hydroxylation is 1. The van der Waals surface area contributed by atoms with Gasteiger partial charge in [-0.25, -0.2) is 4.68 Å². The van der Waals surface area contributed by atoms with Gasteiger partial charge in [0.05, 0.1) is 11.9 Å². The van der Waals surface area contributed by atoms with E-state index in [0.717, 1.165) is 22.8 Å². The fraction of sp³-hybridized carbons (Fsp3) is 0.357. The molecule has 0 atom stereocenters. The molecule has 0 saturated heterocycles. The third-order valence-electron chi connectivity index (χ3n) is 3.16. The summed E-state index contributed by atoms with van der Waals surface area (Å²) in [6, 6.07) is 6.65. The molecule has 3 nitrogen and oxygen atoms in total. The molecule has 1 heterocycles. The summed E-state index contributed by atoms with van der Waals surface area (Å²) in [6.45, 7) is 2.89. The predicted molar refractivity (Wildman–Crippen MR) is 73.2 cm³/mol. The minimum absolute atomic E-state index is 0.691. The molecule has 4 heteroatoms. The van der Waals surface area contributed by atoms with Crippen molar-refractivity contribution < 1.29 is 0 Å². The van der Waals surface area contributed by atoms with Crippen LogP contribution in [0.2, 0.25) is 5.02 Å². The van der Waals surface area contributed by atoms with E-state index in [4.69, 9.17) is 11.6 Å². The lowest BCUT2D eigenvalue weighted by Crippen LogP contribution is -2.17. The maximum absolute atomic E-state index is 6.08. The second-order valence-corrected chi connectivity index (χ2v) is 5.33. The first-order valence-corrected chi connectivity index (χ1v) is 6.63. The van der Waals surface area contributed by atoms with Crippen LogP contribution in [0.15, 0.2) is 30.6 Å². The molecule has 3 rings (SSSR count). The SMILES string of the molecule is Cc1cnn(-c2ccc(Cl)cc2CNC2CC2)c1. The summed E-state index contributed by atoms with van der Waals surface area (Å²) in [7, 11) is 0. The Morgan fingerprint density at radius 3 is 2.94 bits per heavy atom.